The predicted octanol–water partition coefficient (Wildman–Crippen LogP) is 13.8. The molecule has 240 valence electrons. The Labute approximate surface area is 253 Å². The first-order valence-electron chi connectivity index (χ1n) is 18.8. The van der Waals surface area contributed by atoms with Gasteiger partial charge in [-0.1, -0.05) is 207 Å². The van der Waals surface area contributed by atoms with Crippen LogP contribution in [0.15, 0.2) is 0 Å². The Hall–Kier alpha value is -0.530. The van der Waals surface area contributed by atoms with Crippen molar-refractivity contribution < 1.29 is 9.90 Å². The average molecular weight is 565 g/mol. The van der Waals surface area contributed by atoms with Crippen LogP contribution in [0.2, 0.25) is 0 Å². The minimum absolute atomic E-state index is 0.338. The molecule has 0 bridgehead atoms. The summed E-state index contributed by atoms with van der Waals surface area (Å²) >= 11 is 0. The maximum Gasteiger partial charge on any atom is 0.309 e. The van der Waals surface area contributed by atoms with Crippen LogP contribution in [0.4, 0.5) is 0 Å². The van der Waals surface area contributed by atoms with Gasteiger partial charge in [-0.3, -0.25) is 4.79 Å². The van der Waals surface area contributed by atoms with Crippen LogP contribution in [0.3, 0.4) is 0 Å². The Morgan fingerprint density at radius 1 is 0.475 bits per heavy atom. The van der Waals surface area contributed by atoms with E-state index in [1.165, 1.54) is 167 Å². The van der Waals surface area contributed by atoms with Crippen molar-refractivity contribution in [3.63, 3.8) is 0 Å². The van der Waals surface area contributed by atoms with Crippen LogP contribution in [0, 0.1) is 11.3 Å². The van der Waals surface area contributed by atoms with E-state index in [1.54, 1.807) is 0 Å². The van der Waals surface area contributed by atoms with E-state index >= 15 is 0 Å². The number of carboxylic acids is 1. The smallest absolute Gasteiger partial charge is 0.309 e. The van der Waals surface area contributed by atoms with Crippen LogP contribution < -0.4 is 0 Å². The Morgan fingerprint density at radius 3 is 1.05 bits per heavy atom. The van der Waals surface area contributed by atoms with E-state index in [2.05, 4.69) is 27.7 Å². The number of hydrogen-bond acceptors (Lipinski definition) is 1. The largest absolute Gasteiger partial charge is 0.481 e. The van der Waals surface area contributed by atoms with E-state index in [0.29, 0.717) is 5.92 Å². The highest BCUT2D eigenvalue weighted by Crippen LogP contribution is 2.42. The van der Waals surface area contributed by atoms with Crippen molar-refractivity contribution >= 4 is 5.97 Å². The lowest BCUT2D eigenvalue weighted by molar-refractivity contribution is -0.154. The van der Waals surface area contributed by atoms with Gasteiger partial charge in [-0.05, 0) is 25.2 Å². The van der Waals surface area contributed by atoms with Crippen molar-refractivity contribution in [3.8, 4) is 0 Å². The highest BCUT2D eigenvalue weighted by atomic mass is 16.4. The summed E-state index contributed by atoms with van der Waals surface area (Å²) in [4.78, 5) is 12.6. The molecular formula is C38H76O2. The van der Waals surface area contributed by atoms with Gasteiger partial charge in [0.05, 0.1) is 5.41 Å². The Bertz CT molecular complexity index is 516. The summed E-state index contributed by atoms with van der Waals surface area (Å²) in [6.45, 7) is 8.93. The monoisotopic (exact) mass is 565 g/mol. The highest BCUT2D eigenvalue weighted by Gasteiger charge is 2.42. The number of hydrogen-bond donors (Lipinski definition) is 1. The van der Waals surface area contributed by atoms with Crippen molar-refractivity contribution in [2.75, 3.05) is 0 Å². The molecule has 2 heteroatoms. The summed E-state index contributed by atoms with van der Waals surface area (Å²) in [5.74, 6) is -0.184. The zero-order valence-electron chi connectivity index (χ0n) is 28.4. The molecule has 40 heavy (non-hydrogen) atoms. The van der Waals surface area contributed by atoms with E-state index in [9.17, 15) is 9.90 Å². The lowest BCUT2D eigenvalue weighted by Crippen LogP contribution is -2.38. The molecule has 0 aromatic heterocycles. The summed E-state index contributed by atoms with van der Waals surface area (Å²) < 4.78 is 0. The van der Waals surface area contributed by atoms with E-state index in [0.717, 1.165) is 32.1 Å². The van der Waals surface area contributed by atoms with Gasteiger partial charge in [0.1, 0.15) is 0 Å². The SMILES string of the molecule is CCCCCCCCCCCCCCCCC(CC)(C(=O)O)C(CC)CCCCCCCCCCCCCCC. The van der Waals surface area contributed by atoms with Gasteiger partial charge in [0.2, 0.25) is 0 Å². The maximum absolute atomic E-state index is 12.6. The number of unbranched alkanes of at least 4 members (excludes halogenated alkanes) is 25. The summed E-state index contributed by atoms with van der Waals surface area (Å²) in [6, 6.07) is 0. The lowest BCUT2D eigenvalue weighted by atomic mass is 9.67. The fourth-order valence-corrected chi connectivity index (χ4v) is 7.02. The fourth-order valence-electron chi connectivity index (χ4n) is 7.02. The van der Waals surface area contributed by atoms with Crippen LogP contribution in [-0.4, -0.2) is 11.1 Å². The fraction of sp³-hybridized carbons (Fsp3) is 0.974. The molecule has 0 aromatic rings. The van der Waals surface area contributed by atoms with Crippen molar-refractivity contribution in [3.05, 3.63) is 0 Å². The van der Waals surface area contributed by atoms with E-state index in [-0.39, 0.29) is 0 Å². The number of carbonyl (C=O) groups is 1. The van der Waals surface area contributed by atoms with Crippen LogP contribution in [-0.2, 0) is 4.79 Å². The van der Waals surface area contributed by atoms with Gasteiger partial charge in [0.15, 0.2) is 0 Å². The third-order valence-corrected chi connectivity index (χ3v) is 9.96. The highest BCUT2D eigenvalue weighted by molar-refractivity contribution is 5.75. The average Bonchev–Trinajstić information content (AvgIpc) is 2.96. The molecule has 0 radical (unpaired) electrons. The molecule has 0 amide bonds. The molecule has 0 saturated heterocycles. The van der Waals surface area contributed by atoms with E-state index in [1.807, 2.05) is 0 Å². The molecule has 0 heterocycles. The maximum atomic E-state index is 12.6. The molecule has 0 saturated carbocycles. The first-order valence-corrected chi connectivity index (χ1v) is 18.8. The van der Waals surface area contributed by atoms with Gasteiger partial charge in [0, 0.05) is 0 Å². The molecule has 0 aliphatic carbocycles. The second-order valence-electron chi connectivity index (χ2n) is 13.3. The molecule has 0 fully saturated rings. The van der Waals surface area contributed by atoms with Gasteiger partial charge in [-0.2, -0.15) is 0 Å². The van der Waals surface area contributed by atoms with Crippen molar-refractivity contribution in [2.24, 2.45) is 11.3 Å². The second-order valence-corrected chi connectivity index (χ2v) is 13.3. The standard InChI is InChI=1S/C38H76O2/c1-5-9-11-13-15-17-19-21-23-25-27-29-31-33-35-38(8-4,37(39)40)36(7-3)34-32-30-28-26-24-22-20-18-16-14-12-10-6-2/h36H,5-35H2,1-4H3,(H,39,40). The molecular weight excluding hydrogens is 488 g/mol. The summed E-state index contributed by atoms with van der Waals surface area (Å²) in [6.07, 6.45) is 40.6. The van der Waals surface area contributed by atoms with Crippen LogP contribution in [0.1, 0.15) is 227 Å². The topological polar surface area (TPSA) is 37.3 Å². The molecule has 0 aliphatic rings. The first-order chi connectivity index (χ1) is 19.6. The van der Waals surface area contributed by atoms with Crippen molar-refractivity contribution in [2.45, 2.75) is 227 Å². The Morgan fingerprint density at radius 2 is 0.775 bits per heavy atom. The number of rotatable bonds is 33. The molecule has 1 N–H and O–H groups in total. The van der Waals surface area contributed by atoms with Crippen LogP contribution in [0.5, 0.6) is 0 Å². The summed E-state index contributed by atoms with van der Waals surface area (Å²) in [5, 5.41) is 10.3. The second kappa shape index (κ2) is 29.9. The minimum Gasteiger partial charge on any atom is -0.481 e. The van der Waals surface area contributed by atoms with Crippen LogP contribution >= 0.6 is 0 Å². The first kappa shape index (κ1) is 39.5. The molecule has 0 aromatic carbocycles. The molecule has 2 nitrogen and oxygen atoms in total. The van der Waals surface area contributed by atoms with Gasteiger partial charge in [-0.15, -0.1) is 0 Å². The molecule has 0 spiro atoms. The predicted molar refractivity (Wildman–Crippen MR) is 179 cm³/mol. The minimum atomic E-state index is -0.522. The third kappa shape index (κ3) is 21.2. The quantitative estimate of drug-likeness (QED) is 0.0805. The van der Waals surface area contributed by atoms with Gasteiger partial charge < -0.3 is 5.11 Å². The normalized spacial score (nSPS) is 13.9. The Kier molecular flexibility index (Phi) is 29.5. The third-order valence-electron chi connectivity index (χ3n) is 9.96. The molecule has 2 atom stereocenters. The zero-order valence-corrected chi connectivity index (χ0v) is 28.4. The molecule has 0 aliphatic heterocycles. The van der Waals surface area contributed by atoms with E-state index in [4.69, 9.17) is 0 Å². The number of aliphatic carboxylic acids is 1. The van der Waals surface area contributed by atoms with Gasteiger partial charge in [0.25, 0.3) is 0 Å². The number of carboxylic acid groups (broad SMARTS) is 1. The van der Waals surface area contributed by atoms with Crippen LogP contribution in [0.25, 0.3) is 0 Å². The lowest BCUT2D eigenvalue weighted by Gasteiger charge is -2.36. The zero-order chi connectivity index (χ0) is 29.6. The molecule has 2 unspecified atom stereocenters. The van der Waals surface area contributed by atoms with Gasteiger partial charge >= 0.3 is 5.97 Å². The molecule has 0 rings (SSSR count). The van der Waals surface area contributed by atoms with Crippen molar-refractivity contribution in [1.82, 2.24) is 0 Å². The summed E-state index contributed by atoms with van der Waals surface area (Å²) in [5.41, 5.74) is -0.497. The summed E-state index contributed by atoms with van der Waals surface area (Å²) in [7, 11) is 0. The van der Waals surface area contributed by atoms with E-state index < -0.39 is 11.4 Å². The Balaban J connectivity index is 3.98. The van der Waals surface area contributed by atoms with Gasteiger partial charge in [-0.25, -0.2) is 0 Å². The van der Waals surface area contributed by atoms with Crippen molar-refractivity contribution in [1.29, 1.82) is 0 Å².